The van der Waals surface area contributed by atoms with E-state index in [0.29, 0.717) is 5.92 Å². The molecule has 2 rings (SSSR count). The van der Waals surface area contributed by atoms with Gasteiger partial charge in [-0.1, -0.05) is 126 Å². The maximum Gasteiger partial charge on any atom is -0.0126 e. The second kappa shape index (κ2) is 8.42. The Balaban J connectivity index is 2.74. The van der Waals surface area contributed by atoms with Crippen molar-refractivity contribution in [2.45, 2.75) is 124 Å². The average Bonchev–Trinajstić information content (AvgIpc) is 2.57. The van der Waals surface area contributed by atoms with Crippen molar-refractivity contribution >= 4 is 0 Å². The van der Waals surface area contributed by atoms with Crippen molar-refractivity contribution in [2.24, 2.45) is 0 Å². The molecule has 0 saturated heterocycles. The molecule has 1 atom stereocenters. The van der Waals surface area contributed by atoms with Crippen LogP contribution >= 0.6 is 0 Å². The van der Waals surface area contributed by atoms with Crippen LogP contribution < -0.4 is 0 Å². The molecule has 0 amide bonds. The summed E-state index contributed by atoms with van der Waals surface area (Å²) in [5.74, 6) is 0.472. The zero-order chi connectivity index (χ0) is 24.0. The Hall–Kier alpha value is -1.56. The lowest BCUT2D eigenvalue weighted by Crippen LogP contribution is -2.26. The molecular weight excluding hydrogens is 372 g/mol. The zero-order valence-corrected chi connectivity index (χ0v) is 22.7. The summed E-state index contributed by atoms with van der Waals surface area (Å²) < 4.78 is 0. The average molecular weight is 421 g/mol. The summed E-state index contributed by atoms with van der Waals surface area (Å²) in [6.07, 6.45) is 1.08. The van der Waals surface area contributed by atoms with Crippen molar-refractivity contribution in [1.82, 2.24) is 0 Å². The number of rotatable bonds is 3. The Labute approximate surface area is 193 Å². The van der Waals surface area contributed by atoms with Gasteiger partial charge in [-0.3, -0.25) is 0 Å². The lowest BCUT2D eigenvalue weighted by Gasteiger charge is -2.36. The van der Waals surface area contributed by atoms with Crippen molar-refractivity contribution < 1.29 is 0 Å². The van der Waals surface area contributed by atoms with Gasteiger partial charge >= 0.3 is 0 Å². The van der Waals surface area contributed by atoms with Crippen LogP contribution in [-0.4, -0.2) is 0 Å². The first-order valence-electron chi connectivity index (χ1n) is 12.1. The highest BCUT2D eigenvalue weighted by Gasteiger charge is 2.31. The smallest absolute Gasteiger partial charge is 0.0126 e. The monoisotopic (exact) mass is 420 g/mol. The third-order valence-electron chi connectivity index (χ3n) is 6.47. The molecule has 0 aliphatic rings. The standard InChI is InChI=1S/C31H48/c1-21(24-16-14-15-17-25(24)29(5,6)7)18-22-19-23(28(2,3)4)20-26(30(8,9)10)27(22)31(11,12)13/h14-17,19-21H,18H2,1-13H3. The van der Waals surface area contributed by atoms with Gasteiger partial charge in [0, 0.05) is 0 Å². The molecule has 0 radical (unpaired) electrons. The highest BCUT2D eigenvalue weighted by molar-refractivity contribution is 5.49. The van der Waals surface area contributed by atoms with Gasteiger partial charge in [0.15, 0.2) is 0 Å². The molecule has 0 aliphatic heterocycles. The molecular formula is C31H48. The van der Waals surface area contributed by atoms with E-state index in [0.717, 1.165) is 6.42 Å². The predicted octanol–water partition coefficient (Wildman–Crippen LogP) is 9.22. The van der Waals surface area contributed by atoms with Crippen LogP contribution in [-0.2, 0) is 28.1 Å². The molecule has 2 aromatic carbocycles. The summed E-state index contributed by atoms with van der Waals surface area (Å²) in [7, 11) is 0. The largest absolute Gasteiger partial charge is 0.0620 e. The molecule has 0 bridgehead atoms. The van der Waals surface area contributed by atoms with E-state index in [9.17, 15) is 0 Å². The summed E-state index contributed by atoms with van der Waals surface area (Å²) >= 11 is 0. The van der Waals surface area contributed by atoms with Crippen molar-refractivity contribution in [2.75, 3.05) is 0 Å². The van der Waals surface area contributed by atoms with E-state index in [2.05, 4.69) is 126 Å². The molecule has 2 aromatic rings. The van der Waals surface area contributed by atoms with Gasteiger partial charge in [-0.25, -0.2) is 0 Å². The van der Waals surface area contributed by atoms with Crippen molar-refractivity contribution in [1.29, 1.82) is 0 Å². The molecule has 0 heterocycles. The Kier molecular flexibility index (Phi) is 6.98. The summed E-state index contributed by atoms with van der Waals surface area (Å²) in [4.78, 5) is 0. The Bertz CT molecular complexity index is 899. The minimum Gasteiger partial charge on any atom is -0.0620 e. The van der Waals surface area contributed by atoms with Crippen LogP contribution in [0.1, 0.15) is 129 Å². The van der Waals surface area contributed by atoms with Gasteiger partial charge in [-0.2, -0.15) is 0 Å². The fourth-order valence-electron chi connectivity index (χ4n) is 4.82. The van der Waals surface area contributed by atoms with Crippen LogP contribution in [0.25, 0.3) is 0 Å². The quantitative estimate of drug-likeness (QED) is 0.464. The van der Waals surface area contributed by atoms with Crippen LogP contribution in [0.15, 0.2) is 36.4 Å². The highest BCUT2D eigenvalue weighted by atomic mass is 14.4. The maximum absolute atomic E-state index is 2.52. The normalized spacial score (nSPS) is 14.6. The van der Waals surface area contributed by atoms with Gasteiger partial charge in [0.2, 0.25) is 0 Å². The lowest BCUT2D eigenvalue weighted by molar-refractivity contribution is 0.513. The number of hydrogen-bond donors (Lipinski definition) is 0. The van der Waals surface area contributed by atoms with Crippen LogP contribution in [0.3, 0.4) is 0 Å². The minimum absolute atomic E-state index is 0.109. The molecule has 0 fully saturated rings. The van der Waals surface area contributed by atoms with E-state index in [1.54, 1.807) is 5.56 Å². The van der Waals surface area contributed by atoms with Crippen LogP contribution in [0, 0.1) is 0 Å². The summed E-state index contributed by atoms with van der Waals surface area (Å²) in [6.45, 7) is 30.7. The topological polar surface area (TPSA) is 0 Å². The van der Waals surface area contributed by atoms with Crippen molar-refractivity contribution in [3.63, 3.8) is 0 Å². The van der Waals surface area contributed by atoms with Gasteiger partial charge in [0.1, 0.15) is 0 Å². The van der Waals surface area contributed by atoms with E-state index in [1.807, 2.05) is 0 Å². The summed E-state index contributed by atoms with van der Waals surface area (Å²) in [6, 6.07) is 14.1. The second-order valence-electron chi connectivity index (χ2n) is 13.8. The van der Waals surface area contributed by atoms with E-state index in [4.69, 9.17) is 0 Å². The second-order valence-corrected chi connectivity index (χ2v) is 13.8. The fraction of sp³-hybridized carbons (Fsp3) is 0.613. The molecule has 31 heavy (non-hydrogen) atoms. The third kappa shape index (κ3) is 6.03. The molecule has 0 heteroatoms. The van der Waals surface area contributed by atoms with E-state index in [1.165, 1.54) is 27.8 Å². The molecule has 172 valence electrons. The van der Waals surface area contributed by atoms with Gasteiger partial charge < -0.3 is 0 Å². The minimum atomic E-state index is 0.109. The van der Waals surface area contributed by atoms with Crippen LogP contribution in [0.4, 0.5) is 0 Å². The zero-order valence-electron chi connectivity index (χ0n) is 22.7. The Morgan fingerprint density at radius 1 is 0.613 bits per heavy atom. The molecule has 0 saturated carbocycles. The van der Waals surface area contributed by atoms with E-state index < -0.39 is 0 Å². The SMILES string of the molecule is CC(Cc1cc(C(C)(C)C)cc(C(C)(C)C)c1C(C)(C)C)c1ccccc1C(C)(C)C. The lowest BCUT2D eigenvalue weighted by atomic mass is 9.69. The van der Waals surface area contributed by atoms with E-state index in [-0.39, 0.29) is 21.7 Å². The third-order valence-corrected chi connectivity index (χ3v) is 6.47. The number of benzene rings is 2. The molecule has 0 N–H and O–H groups in total. The predicted molar refractivity (Wildman–Crippen MR) is 140 cm³/mol. The Morgan fingerprint density at radius 2 is 1.13 bits per heavy atom. The highest BCUT2D eigenvalue weighted by Crippen LogP contribution is 2.41. The summed E-state index contributed by atoms with van der Waals surface area (Å²) in [5.41, 5.74) is 9.53. The van der Waals surface area contributed by atoms with Gasteiger partial charge in [0.05, 0.1) is 0 Å². The molecule has 1 unspecified atom stereocenters. The first-order chi connectivity index (χ1) is 13.8. The molecule has 0 spiro atoms. The fourth-order valence-corrected chi connectivity index (χ4v) is 4.82. The van der Waals surface area contributed by atoms with Crippen LogP contribution in [0.2, 0.25) is 0 Å². The molecule has 0 aliphatic carbocycles. The van der Waals surface area contributed by atoms with Gasteiger partial charge in [0.25, 0.3) is 0 Å². The first-order valence-corrected chi connectivity index (χ1v) is 12.1. The van der Waals surface area contributed by atoms with E-state index >= 15 is 0 Å². The van der Waals surface area contributed by atoms with Gasteiger partial charge in [-0.15, -0.1) is 0 Å². The Morgan fingerprint density at radius 3 is 1.58 bits per heavy atom. The first kappa shape index (κ1) is 25.7. The molecule has 0 aromatic heterocycles. The van der Waals surface area contributed by atoms with Crippen molar-refractivity contribution in [3.05, 3.63) is 69.8 Å². The summed E-state index contributed by atoms with van der Waals surface area (Å²) in [5, 5.41) is 0. The number of hydrogen-bond acceptors (Lipinski definition) is 0. The molecule has 0 nitrogen and oxygen atoms in total. The van der Waals surface area contributed by atoms with Gasteiger partial charge in [-0.05, 0) is 67.4 Å². The van der Waals surface area contributed by atoms with Crippen molar-refractivity contribution in [3.8, 4) is 0 Å². The van der Waals surface area contributed by atoms with Crippen LogP contribution in [0.5, 0.6) is 0 Å². The maximum atomic E-state index is 2.52.